The lowest BCUT2D eigenvalue weighted by Gasteiger charge is -2.43. The van der Waals surface area contributed by atoms with Crippen molar-refractivity contribution < 1.29 is 38.0 Å². The fourth-order valence-corrected chi connectivity index (χ4v) is 10.2. The van der Waals surface area contributed by atoms with Gasteiger partial charge in [-0.3, -0.25) is 0 Å². The van der Waals surface area contributed by atoms with E-state index >= 15 is 0 Å². The Labute approximate surface area is 396 Å². The van der Waals surface area contributed by atoms with Crippen LogP contribution in [-0.4, -0.2) is 98.4 Å². The molecule has 2 aliphatic heterocycles. The minimum Gasteiger partial charge on any atom is -0.497 e. The summed E-state index contributed by atoms with van der Waals surface area (Å²) in [5.41, 5.74) is 1.70. The maximum absolute atomic E-state index is 14.4. The Balaban J connectivity index is 0.842. The number of likely N-dealkylation sites (tertiary alicyclic amines) is 2. The predicted molar refractivity (Wildman–Crippen MR) is 265 cm³/mol. The number of benzene rings is 6. The molecule has 10 rings (SSSR count). The van der Waals surface area contributed by atoms with Crippen molar-refractivity contribution in [1.82, 2.24) is 19.8 Å². The van der Waals surface area contributed by atoms with Gasteiger partial charge in [0.05, 0.1) is 27.4 Å². The first kappa shape index (κ1) is 44.8. The first-order valence-corrected chi connectivity index (χ1v) is 23.8. The number of carbonyl (C=O) groups is 2. The summed E-state index contributed by atoms with van der Waals surface area (Å²) in [6.45, 7) is 5.48. The number of ether oxygens (including phenoxy) is 6. The highest BCUT2D eigenvalue weighted by atomic mass is 16.6. The molecule has 2 fully saturated rings. The summed E-state index contributed by atoms with van der Waals surface area (Å²) in [6.07, 6.45) is 7.55. The molecule has 12 nitrogen and oxygen atoms in total. The lowest BCUT2D eigenvalue weighted by molar-refractivity contribution is -0.193. The third-order valence-corrected chi connectivity index (χ3v) is 14.1. The second-order valence-corrected chi connectivity index (χ2v) is 18.1. The number of fused-ring (bicyclic) bond motifs is 4. The van der Waals surface area contributed by atoms with Crippen molar-refractivity contribution in [3.05, 3.63) is 145 Å². The maximum Gasteiger partial charge on any atom is 0.418 e. The van der Waals surface area contributed by atoms with Gasteiger partial charge >= 0.3 is 11.9 Å². The average molecular weight is 915 g/mol. The van der Waals surface area contributed by atoms with Crippen LogP contribution in [0.3, 0.4) is 0 Å². The summed E-state index contributed by atoms with van der Waals surface area (Å²) in [5.74, 6) is 1.29. The molecule has 0 unspecified atom stereocenters. The van der Waals surface area contributed by atoms with Crippen LogP contribution in [0.15, 0.2) is 134 Å². The van der Waals surface area contributed by atoms with Gasteiger partial charge in [-0.2, -0.15) is 0 Å². The van der Waals surface area contributed by atoms with Gasteiger partial charge in [-0.15, -0.1) is 0 Å². The second-order valence-electron chi connectivity index (χ2n) is 18.1. The van der Waals surface area contributed by atoms with Gasteiger partial charge < -0.3 is 48.2 Å². The zero-order valence-corrected chi connectivity index (χ0v) is 38.8. The van der Waals surface area contributed by atoms with Crippen molar-refractivity contribution in [2.24, 2.45) is 0 Å². The average Bonchev–Trinajstić information content (AvgIpc) is 4.08. The number of nitrogens with zero attached hydrogens (tertiary/aromatic N) is 2. The van der Waals surface area contributed by atoms with Gasteiger partial charge in [-0.25, -0.2) is 9.59 Å². The van der Waals surface area contributed by atoms with E-state index in [1.165, 1.54) is 0 Å². The number of piperidine rings is 2. The summed E-state index contributed by atoms with van der Waals surface area (Å²) in [5, 5.41) is 6.12. The van der Waals surface area contributed by atoms with Gasteiger partial charge in [-0.05, 0) is 118 Å². The first-order valence-electron chi connectivity index (χ1n) is 23.8. The van der Waals surface area contributed by atoms with E-state index in [4.69, 9.17) is 28.4 Å². The number of aromatic nitrogens is 2. The van der Waals surface area contributed by atoms with Crippen LogP contribution in [0, 0.1) is 0 Å². The molecule has 0 aliphatic carbocycles. The van der Waals surface area contributed by atoms with Crippen molar-refractivity contribution in [3.8, 4) is 23.0 Å². The molecule has 0 atom stereocenters. The van der Waals surface area contributed by atoms with Gasteiger partial charge in [0.25, 0.3) is 0 Å². The predicted octanol–water partition coefficient (Wildman–Crippen LogP) is 10.3. The van der Waals surface area contributed by atoms with Crippen LogP contribution in [0.25, 0.3) is 43.4 Å². The Hall–Kier alpha value is -7.02. The van der Waals surface area contributed by atoms with Crippen LogP contribution in [-0.2, 0) is 30.3 Å². The fourth-order valence-electron chi connectivity index (χ4n) is 10.2. The van der Waals surface area contributed by atoms with E-state index in [9.17, 15) is 9.59 Å². The molecule has 2 saturated heterocycles. The molecular formula is C56H58N4O8. The van der Waals surface area contributed by atoms with E-state index in [0.717, 1.165) is 103 Å². The summed E-state index contributed by atoms with van der Waals surface area (Å²) in [4.78, 5) is 40.1. The fraction of sp³-hybridized carbons (Fsp3) is 0.321. The summed E-state index contributed by atoms with van der Waals surface area (Å²) >= 11 is 0. The van der Waals surface area contributed by atoms with E-state index in [1.54, 1.807) is 14.2 Å². The van der Waals surface area contributed by atoms with Crippen LogP contribution >= 0.6 is 0 Å². The number of aromatic amines is 2. The third kappa shape index (κ3) is 9.43. The molecule has 6 aromatic carbocycles. The molecule has 0 bridgehead atoms. The van der Waals surface area contributed by atoms with Gasteiger partial charge in [0, 0.05) is 99.2 Å². The smallest absolute Gasteiger partial charge is 0.418 e. The zero-order valence-electron chi connectivity index (χ0n) is 38.8. The topological polar surface area (TPSA) is 128 Å². The molecule has 68 heavy (non-hydrogen) atoms. The monoisotopic (exact) mass is 914 g/mol. The van der Waals surface area contributed by atoms with Crippen LogP contribution in [0.2, 0.25) is 0 Å². The Morgan fingerprint density at radius 3 is 1.35 bits per heavy atom. The van der Waals surface area contributed by atoms with Crippen molar-refractivity contribution in [1.29, 1.82) is 0 Å². The maximum atomic E-state index is 14.4. The molecule has 0 saturated carbocycles. The minimum atomic E-state index is -1.05. The highest BCUT2D eigenvalue weighted by Gasteiger charge is 2.45. The molecule has 0 amide bonds. The highest BCUT2D eigenvalue weighted by molar-refractivity contribution is 6.30. The van der Waals surface area contributed by atoms with E-state index in [2.05, 4.69) is 31.9 Å². The quantitative estimate of drug-likeness (QED) is 0.0549. The van der Waals surface area contributed by atoms with Crippen molar-refractivity contribution >= 4 is 55.3 Å². The molecular weight excluding hydrogens is 857 g/mol. The van der Waals surface area contributed by atoms with Crippen molar-refractivity contribution in [3.63, 3.8) is 0 Å². The molecule has 0 spiro atoms. The number of hydrogen-bond donors (Lipinski definition) is 2. The number of esters is 2. The van der Waals surface area contributed by atoms with Crippen molar-refractivity contribution in [2.75, 3.05) is 66.7 Å². The van der Waals surface area contributed by atoms with Crippen LogP contribution in [0.1, 0.15) is 49.7 Å². The Morgan fingerprint density at radius 1 is 0.515 bits per heavy atom. The first-order chi connectivity index (χ1) is 33.3. The number of rotatable bonds is 16. The molecule has 12 heteroatoms. The highest BCUT2D eigenvalue weighted by Crippen LogP contribution is 2.42. The van der Waals surface area contributed by atoms with E-state index in [1.807, 2.05) is 122 Å². The molecule has 4 heterocycles. The number of nitrogens with one attached hydrogen (secondary N) is 2. The van der Waals surface area contributed by atoms with Crippen LogP contribution < -0.4 is 18.9 Å². The third-order valence-electron chi connectivity index (χ3n) is 14.1. The number of hydrogen-bond acceptors (Lipinski definition) is 10. The minimum absolute atomic E-state index is 0.509. The number of methoxy groups -OCH3 is 2. The number of H-pyrrole nitrogens is 2. The molecule has 0 radical (unpaired) electrons. The number of carbonyl (C=O) groups excluding carboxylic acids is 2. The normalized spacial score (nSPS) is 16.2. The molecule has 2 N–H and O–H groups in total. The van der Waals surface area contributed by atoms with Gasteiger partial charge in [0.2, 0.25) is 0 Å². The summed E-state index contributed by atoms with van der Waals surface area (Å²) in [7, 11) is 3.31. The SMILES string of the molecule is COc1ccc2cc(C3(OC(=O)C(=O)OC4(c5ccc6cc(OC)ccc6c5)CCN(CCCOc5cccc6[nH]ccc56)CC4)CCN(CCCOc4cccc5[nH]ccc45)CC3)ccc2c1. The second kappa shape index (κ2) is 19.7. The van der Waals surface area contributed by atoms with E-state index in [0.29, 0.717) is 65.1 Å². The molecule has 2 aromatic heterocycles. The largest absolute Gasteiger partial charge is 0.497 e. The van der Waals surface area contributed by atoms with E-state index in [-0.39, 0.29) is 0 Å². The Bertz CT molecular complexity index is 2850. The Kier molecular flexibility index (Phi) is 13.0. The molecule has 350 valence electrons. The molecule has 2 aliphatic rings. The lowest BCUT2D eigenvalue weighted by Crippen LogP contribution is -2.49. The molecule has 8 aromatic rings. The van der Waals surface area contributed by atoms with Gasteiger partial charge in [0.1, 0.15) is 34.2 Å². The Morgan fingerprint density at radius 2 is 0.926 bits per heavy atom. The lowest BCUT2D eigenvalue weighted by atomic mass is 9.82. The van der Waals surface area contributed by atoms with E-state index < -0.39 is 23.1 Å². The summed E-state index contributed by atoms with van der Waals surface area (Å²) in [6, 6.07) is 40.2. The standard InChI is InChI=1S/C56H58N4O8/c1-63-45-17-13-39-35-43(15-11-41(39)37-45)55(21-29-59(30-22-55)27-5-33-65-51-9-3-7-49-47(51)19-25-57-49)67-53(61)54(62)68-56(44-16-12-42-38-46(64-2)18-14-40(42)36-44)23-31-60(32-24-56)28-6-34-66-52-10-4-8-50-48(52)20-26-58-50/h3-4,7-20,25-26,35-38,57-58H,5-6,21-24,27-34H2,1-2H3. The van der Waals surface area contributed by atoms with Crippen LogP contribution in [0.5, 0.6) is 23.0 Å². The zero-order chi connectivity index (χ0) is 46.5. The van der Waals surface area contributed by atoms with Crippen LogP contribution in [0.4, 0.5) is 0 Å². The van der Waals surface area contributed by atoms with Gasteiger partial charge in [-0.1, -0.05) is 48.5 Å². The van der Waals surface area contributed by atoms with Gasteiger partial charge in [0.15, 0.2) is 0 Å². The summed E-state index contributed by atoms with van der Waals surface area (Å²) < 4.78 is 36.4. The van der Waals surface area contributed by atoms with Crippen molar-refractivity contribution in [2.45, 2.75) is 49.7 Å².